The summed E-state index contributed by atoms with van der Waals surface area (Å²) in [6, 6.07) is 0. The Morgan fingerprint density at radius 3 is 0.417 bits per heavy atom. The van der Waals surface area contributed by atoms with Gasteiger partial charge in [0.2, 0.25) is 0 Å². The molecule has 12 heavy (non-hydrogen) atoms. The Balaban J connectivity index is -0.00000000500. The van der Waals surface area contributed by atoms with Crippen LogP contribution in [0.1, 0.15) is 0 Å². The Bertz CT molecular complexity index is 78.4. The van der Waals surface area contributed by atoms with Gasteiger partial charge in [0, 0.05) is 0 Å². The molecule has 0 aromatic rings. The van der Waals surface area contributed by atoms with E-state index in [1.807, 2.05) is 0 Å². The van der Waals surface area contributed by atoms with Crippen molar-refractivity contribution in [1.82, 2.24) is 0 Å². The fourth-order valence-electron chi connectivity index (χ4n) is 0. The minimum atomic E-state index is 0. The van der Waals surface area contributed by atoms with Crippen molar-refractivity contribution in [3.63, 3.8) is 0 Å². The fourth-order valence-corrected chi connectivity index (χ4v) is 0. The van der Waals surface area contributed by atoms with E-state index in [1.165, 1.54) is 0 Å². The molecule has 0 aromatic carbocycles. The van der Waals surface area contributed by atoms with Gasteiger partial charge in [-0.2, -0.15) is 0 Å². The molecule has 0 bridgehead atoms. The summed E-state index contributed by atoms with van der Waals surface area (Å²) in [5, 5.41) is 31.2. The summed E-state index contributed by atoms with van der Waals surface area (Å²) < 4.78 is 0. The predicted octanol–water partition coefficient (Wildman–Crippen LogP) is 0.477. The zero-order valence-electron chi connectivity index (χ0n) is 5.78. The number of nitrogens with zero attached hydrogens (tertiary/aromatic N) is 5. The minimum absolute atomic E-state index is 0. The molecule has 0 saturated heterocycles. The van der Waals surface area contributed by atoms with E-state index in [0.29, 0.717) is 0 Å². The topological polar surface area (TPSA) is 119 Å². The quantitative estimate of drug-likeness (QED) is 0.460. The Labute approximate surface area is 95.4 Å². The first-order chi connectivity index (χ1) is 5.00. The molecule has 0 aliphatic heterocycles. The molecule has 0 heterocycles. The molecule has 0 spiro atoms. The largest absolute Gasteiger partial charge is 3.00 e. The third-order valence-corrected chi connectivity index (χ3v) is 0. The minimum Gasteiger partial charge on any atom is -0.512 e. The van der Waals surface area contributed by atoms with Crippen LogP contribution in [0.2, 0.25) is 0 Å². The van der Waals surface area contributed by atoms with E-state index in [0.717, 1.165) is 0 Å². The van der Waals surface area contributed by atoms with Gasteiger partial charge in [0.15, 0.2) is 0 Å². The van der Waals surface area contributed by atoms with Crippen LogP contribution < -0.4 is 0 Å². The maximum absolute atomic E-state index is 6.25. The van der Waals surface area contributed by atoms with Crippen LogP contribution in [0.15, 0.2) is 0 Å². The van der Waals surface area contributed by atoms with Gasteiger partial charge in [0.1, 0.15) is 0 Å². The van der Waals surface area contributed by atoms with Gasteiger partial charge in [-0.05, 0) is 0 Å². The molecule has 0 unspecified atom stereocenters. The second kappa shape index (κ2) is 350. The molecule has 0 saturated carbocycles. The molecule has 56 valence electrons. The van der Waals surface area contributed by atoms with Gasteiger partial charge in [-0.1, -0.05) is 0 Å². The molecular formula is C5CoN5Zn. The summed E-state index contributed by atoms with van der Waals surface area (Å²) in [4.78, 5) is 0. The summed E-state index contributed by atoms with van der Waals surface area (Å²) in [5.41, 5.74) is 0. The van der Waals surface area contributed by atoms with Crippen LogP contribution in [-0.2, 0) is 36.3 Å². The second-order valence-corrected chi connectivity index (χ2v) is 0. The molecule has 7 heteroatoms. The molecule has 0 amide bonds. The summed E-state index contributed by atoms with van der Waals surface area (Å²) in [5.74, 6) is 0. The Morgan fingerprint density at radius 2 is 0.417 bits per heavy atom. The van der Waals surface area contributed by atoms with Crippen molar-refractivity contribution in [2.45, 2.75) is 0 Å². The third kappa shape index (κ3) is 244. The maximum atomic E-state index is 6.25. The van der Waals surface area contributed by atoms with E-state index in [1.54, 1.807) is 0 Å². The van der Waals surface area contributed by atoms with Gasteiger partial charge in [0.05, 0.1) is 0 Å². The van der Waals surface area contributed by atoms with Crippen molar-refractivity contribution in [3.05, 3.63) is 32.9 Å². The van der Waals surface area contributed by atoms with Crippen LogP contribution >= 0.6 is 0 Å². The van der Waals surface area contributed by atoms with Crippen LogP contribution in [0.5, 0.6) is 0 Å². The summed E-state index contributed by atoms with van der Waals surface area (Å²) in [6.07, 6.45) is 0. The van der Waals surface area contributed by atoms with Crippen molar-refractivity contribution in [2.75, 3.05) is 0 Å². The Hall–Kier alpha value is -1.42. The van der Waals surface area contributed by atoms with Crippen molar-refractivity contribution in [1.29, 1.82) is 26.3 Å². The van der Waals surface area contributed by atoms with E-state index < -0.39 is 0 Å². The first-order valence-electron chi connectivity index (χ1n) is 1.12. The fraction of sp³-hybridized carbons (Fsp3) is 0. The van der Waals surface area contributed by atoms with Gasteiger partial charge >= 0.3 is 36.3 Å². The van der Waals surface area contributed by atoms with Gasteiger partial charge in [-0.15, -0.1) is 0 Å². The van der Waals surface area contributed by atoms with E-state index in [-0.39, 0.29) is 36.3 Å². The van der Waals surface area contributed by atoms with Gasteiger partial charge in [0.25, 0.3) is 0 Å². The van der Waals surface area contributed by atoms with Crippen LogP contribution in [0, 0.1) is 59.2 Å². The second-order valence-electron chi connectivity index (χ2n) is 0. The maximum Gasteiger partial charge on any atom is 3.00 e. The van der Waals surface area contributed by atoms with Gasteiger partial charge in [-0.25, -0.2) is 0 Å². The first-order valence-corrected chi connectivity index (χ1v) is 1.12. The SMILES string of the molecule is [C-]#N.[C-]#N.[C-]#N.[C-]#N.[C-]#N.[Co+3].[Zn+2]. The average molecular weight is 254 g/mol. The van der Waals surface area contributed by atoms with E-state index >= 15 is 0 Å². The third-order valence-electron chi connectivity index (χ3n) is 0. The van der Waals surface area contributed by atoms with Crippen LogP contribution in [0.3, 0.4) is 0 Å². The zero-order chi connectivity index (χ0) is 10.0. The van der Waals surface area contributed by atoms with E-state index in [2.05, 4.69) is 0 Å². The number of hydrogen-bond acceptors (Lipinski definition) is 5. The standard InChI is InChI=1S/5CN.Co.Zn/c5*1-2;;/q5*-1;+3;+2. The van der Waals surface area contributed by atoms with Crippen molar-refractivity contribution < 1.29 is 36.3 Å². The molecule has 0 aliphatic carbocycles. The van der Waals surface area contributed by atoms with Gasteiger partial charge in [-0.3, -0.25) is 0 Å². The van der Waals surface area contributed by atoms with Crippen molar-refractivity contribution >= 4 is 0 Å². The van der Waals surface area contributed by atoms with Crippen LogP contribution in [0.4, 0.5) is 0 Å². The Kier molecular flexibility index (Phi) is 2210. The van der Waals surface area contributed by atoms with E-state index in [4.69, 9.17) is 59.2 Å². The summed E-state index contributed by atoms with van der Waals surface area (Å²) in [7, 11) is 0. The number of rotatable bonds is 0. The number of hydrogen-bond donors (Lipinski definition) is 0. The molecule has 0 atom stereocenters. The molecule has 0 N–H and O–H groups in total. The normalized spacial score (nSPS) is 0.833. The van der Waals surface area contributed by atoms with E-state index in [9.17, 15) is 0 Å². The average Bonchev–Trinajstić information content (AvgIpc) is 2.20. The van der Waals surface area contributed by atoms with Crippen molar-refractivity contribution in [3.8, 4) is 0 Å². The predicted molar refractivity (Wildman–Crippen MR) is 24.8 cm³/mol. The molecular weight excluding hydrogens is 254 g/mol. The Morgan fingerprint density at radius 1 is 0.417 bits per heavy atom. The molecule has 0 rings (SSSR count). The molecule has 0 aromatic heterocycles. The zero-order valence-corrected chi connectivity index (χ0v) is 9.78. The molecule has 0 aliphatic rings. The molecule has 0 radical (unpaired) electrons. The monoisotopic (exact) mass is 253 g/mol. The molecule has 5 nitrogen and oxygen atoms in total. The molecule has 0 fully saturated rings. The summed E-state index contributed by atoms with van der Waals surface area (Å²) >= 11 is 0. The van der Waals surface area contributed by atoms with Gasteiger partial charge < -0.3 is 59.2 Å². The summed E-state index contributed by atoms with van der Waals surface area (Å²) in [6.45, 7) is 23.8. The first kappa shape index (κ1) is 75.8. The van der Waals surface area contributed by atoms with Crippen LogP contribution in [0.25, 0.3) is 0 Å². The smallest absolute Gasteiger partial charge is 0.512 e. The van der Waals surface area contributed by atoms with Crippen LogP contribution in [-0.4, -0.2) is 0 Å². The van der Waals surface area contributed by atoms with Crippen molar-refractivity contribution in [2.24, 2.45) is 0 Å².